The Morgan fingerprint density at radius 1 is 1.37 bits per heavy atom. The molecule has 1 N–H and O–H groups in total. The van der Waals surface area contributed by atoms with E-state index in [1.165, 1.54) is 32.1 Å². The topological polar surface area (TPSA) is 55.2 Å². The SMILES string of the molecule is CCC1(CNc2cccc([N+](=O)[O-])c2C)CCCC1. The molecule has 0 aromatic heterocycles. The summed E-state index contributed by atoms with van der Waals surface area (Å²) < 4.78 is 0. The van der Waals surface area contributed by atoms with Gasteiger partial charge in [0.15, 0.2) is 0 Å². The lowest BCUT2D eigenvalue weighted by molar-refractivity contribution is -0.385. The van der Waals surface area contributed by atoms with Crippen molar-refractivity contribution in [3.8, 4) is 0 Å². The van der Waals surface area contributed by atoms with Crippen LogP contribution in [0, 0.1) is 22.5 Å². The highest BCUT2D eigenvalue weighted by Gasteiger charge is 2.31. The molecule has 1 aromatic rings. The molecule has 0 spiro atoms. The third-order valence-electron chi connectivity index (χ3n) is 4.57. The van der Waals surface area contributed by atoms with Crippen molar-refractivity contribution in [2.45, 2.75) is 46.0 Å². The lowest BCUT2D eigenvalue weighted by atomic mass is 9.83. The average Bonchev–Trinajstić information content (AvgIpc) is 2.87. The molecule has 2 rings (SSSR count). The largest absolute Gasteiger partial charge is 0.384 e. The maximum absolute atomic E-state index is 10.9. The standard InChI is InChI=1S/C15H22N2O2/c1-3-15(9-4-5-10-15)11-16-13-7-6-8-14(12(13)2)17(18)19/h6-8,16H,3-5,9-11H2,1-2H3. The van der Waals surface area contributed by atoms with Gasteiger partial charge in [-0.1, -0.05) is 25.8 Å². The van der Waals surface area contributed by atoms with Crippen molar-refractivity contribution in [3.05, 3.63) is 33.9 Å². The third-order valence-corrected chi connectivity index (χ3v) is 4.57. The molecule has 1 aromatic carbocycles. The number of nitrogens with one attached hydrogen (secondary N) is 1. The highest BCUT2D eigenvalue weighted by molar-refractivity contribution is 5.59. The smallest absolute Gasteiger partial charge is 0.274 e. The lowest BCUT2D eigenvalue weighted by Crippen LogP contribution is -2.26. The molecule has 0 bridgehead atoms. The molecule has 1 fully saturated rings. The highest BCUT2D eigenvalue weighted by atomic mass is 16.6. The molecular weight excluding hydrogens is 240 g/mol. The van der Waals surface area contributed by atoms with Gasteiger partial charge in [0.05, 0.1) is 4.92 Å². The maximum Gasteiger partial charge on any atom is 0.274 e. The van der Waals surface area contributed by atoms with Crippen LogP contribution in [0.4, 0.5) is 11.4 Å². The van der Waals surface area contributed by atoms with Crippen LogP contribution in [0.1, 0.15) is 44.6 Å². The van der Waals surface area contributed by atoms with E-state index in [1.54, 1.807) is 12.1 Å². The summed E-state index contributed by atoms with van der Waals surface area (Å²) in [6.45, 7) is 4.98. The predicted molar refractivity (Wildman–Crippen MR) is 77.5 cm³/mol. The number of anilines is 1. The van der Waals surface area contributed by atoms with Gasteiger partial charge < -0.3 is 5.32 Å². The molecule has 0 saturated heterocycles. The summed E-state index contributed by atoms with van der Waals surface area (Å²) in [6, 6.07) is 5.24. The second-order valence-corrected chi connectivity index (χ2v) is 5.62. The Labute approximate surface area is 114 Å². The minimum atomic E-state index is -0.314. The fraction of sp³-hybridized carbons (Fsp3) is 0.600. The fourth-order valence-corrected chi connectivity index (χ4v) is 3.08. The van der Waals surface area contributed by atoms with Gasteiger partial charge in [0, 0.05) is 23.9 Å². The summed E-state index contributed by atoms with van der Waals surface area (Å²) in [6.07, 6.45) is 6.33. The van der Waals surface area contributed by atoms with E-state index in [-0.39, 0.29) is 10.6 Å². The van der Waals surface area contributed by atoms with Crippen molar-refractivity contribution >= 4 is 11.4 Å². The molecule has 1 aliphatic carbocycles. The molecule has 0 heterocycles. The summed E-state index contributed by atoms with van der Waals surface area (Å²) in [5.41, 5.74) is 2.21. The molecule has 4 nitrogen and oxygen atoms in total. The van der Waals surface area contributed by atoms with E-state index in [2.05, 4.69) is 12.2 Å². The Balaban J connectivity index is 2.11. The van der Waals surface area contributed by atoms with Crippen LogP contribution in [0.2, 0.25) is 0 Å². The predicted octanol–water partition coefficient (Wildman–Crippen LogP) is 4.29. The highest BCUT2D eigenvalue weighted by Crippen LogP contribution is 2.41. The zero-order valence-electron chi connectivity index (χ0n) is 11.7. The van der Waals surface area contributed by atoms with Crippen molar-refractivity contribution in [2.24, 2.45) is 5.41 Å². The number of nitro benzene ring substituents is 1. The van der Waals surface area contributed by atoms with E-state index >= 15 is 0 Å². The van der Waals surface area contributed by atoms with Crippen molar-refractivity contribution in [1.29, 1.82) is 0 Å². The molecule has 1 saturated carbocycles. The van der Waals surface area contributed by atoms with Crippen molar-refractivity contribution in [3.63, 3.8) is 0 Å². The van der Waals surface area contributed by atoms with Crippen molar-refractivity contribution in [1.82, 2.24) is 0 Å². The summed E-state index contributed by atoms with van der Waals surface area (Å²) in [5.74, 6) is 0. The average molecular weight is 262 g/mol. The summed E-state index contributed by atoms with van der Waals surface area (Å²) in [4.78, 5) is 10.6. The van der Waals surface area contributed by atoms with Crippen LogP contribution < -0.4 is 5.32 Å². The van der Waals surface area contributed by atoms with Gasteiger partial charge in [0.2, 0.25) is 0 Å². The minimum absolute atomic E-state index is 0.196. The summed E-state index contributed by atoms with van der Waals surface area (Å²) >= 11 is 0. The second-order valence-electron chi connectivity index (χ2n) is 5.62. The zero-order chi connectivity index (χ0) is 13.9. The number of rotatable bonds is 5. The van der Waals surface area contributed by atoms with Gasteiger partial charge in [-0.25, -0.2) is 0 Å². The van der Waals surface area contributed by atoms with Crippen LogP contribution in [0.3, 0.4) is 0 Å². The molecule has 1 aliphatic rings. The Morgan fingerprint density at radius 2 is 2.05 bits per heavy atom. The molecule has 0 atom stereocenters. The van der Waals surface area contributed by atoms with Gasteiger partial charge in [-0.2, -0.15) is 0 Å². The van der Waals surface area contributed by atoms with Crippen molar-refractivity contribution in [2.75, 3.05) is 11.9 Å². The van der Waals surface area contributed by atoms with Crippen LogP contribution >= 0.6 is 0 Å². The number of benzene rings is 1. The summed E-state index contributed by atoms with van der Waals surface area (Å²) in [7, 11) is 0. The number of nitro groups is 1. The molecule has 0 amide bonds. The second kappa shape index (κ2) is 5.59. The fourth-order valence-electron chi connectivity index (χ4n) is 3.08. The first-order chi connectivity index (χ1) is 9.08. The summed E-state index contributed by atoms with van der Waals surface area (Å²) in [5, 5.41) is 14.4. The van der Waals surface area contributed by atoms with E-state index in [4.69, 9.17) is 0 Å². The molecule has 0 radical (unpaired) electrons. The zero-order valence-corrected chi connectivity index (χ0v) is 11.7. The molecular formula is C15H22N2O2. The van der Waals surface area contributed by atoms with Crippen molar-refractivity contribution < 1.29 is 4.92 Å². The van der Waals surface area contributed by atoms with E-state index in [1.807, 2.05) is 13.0 Å². The molecule has 4 heteroatoms. The first kappa shape index (κ1) is 13.8. The molecule has 0 unspecified atom stereocenters. The molecule has 0 aliphatic heterocycles. The van der Waals surface area contributed by atoms with Crippen LogP contribution in [-0.2, 0) is 0 Å². The normalized spacial score (nSPS) is 17.4. The quantitative estimate of drug-likeness (QED) is 0.636. The Morgan fingerprint density at radius 3 is 2.63 bits per heavy atom. The minimum Gasteiger partial charge on any atom is -0.384 e. The third kappa shape index (κ3) is 2.88. The Bertz CT molecular complexity index is 465. The van der Waals surface area contributed by atoms with Gasteiger partial charge in [-0.05, 0) is 37.7 Å². The first-order valence-electron chi connectivity index (χ1n) is 7.06. The van der Waals surface area contributed by atoms with Crippen LogP contribution in [0.25, 0.3) is 0 Å². The molecule has 104 valence electrons. The lowest BCUT2D eigenvalue weighted by Gasteiger charge is -2.28. The maximum atomic E-state index is 10.9. The van der Waals surface area contributed by atoms with E-state index in [0.29, 0.717) is 5.41 Å². The van der Waals surface area contributed by atoms with Crippen LogP contribution in [0.5, 0.6) is 0 Å². The van der Waals surface area contributed by atoms with Gasteiger partial charge in [-0.3, -0.25) is 10.1 Å². The Kier molecular flexibility index (Phi) is 4.08. The monoisotopic (exact) mass is 262 g/mol. The van der Waals surface area contributed by atoms with Crippen LogP contribution in [-0.4, -0.2) is 11.5 Å². The van der Waals surface area contributed by atoms with E-state index < -0.39 is 0 Å². The van der Waals surface area contributed by atoms with Gasteiger partial charge in [0.25, 0.3) is 5.69 Å². The Hall–Kier alpha value is -1.58. The number of hydrogen-bond acceptors (Lipinski definition) is 3. The van der Waals surface area contributed by atoms with E-state index in [0.717, 1.165) is 17.8 Å². The van der Waals surface area contributed by atoms with Gasteiger partial charge in [-0.15, -0.1) is 0 Å². The molecule has 19 heavy (non-hydrogen) atoms. The van der Waals surface area contributed by atoms with Gasteiger partial charge in [0.1, 0.15) is 0 Å². The first-order valence-corrected chi connectivity index (χ1v) is 7.06. The van der Waals surface area contributed by atoms with Crippen LogP contribution in [0.15, 0.2) is 18.2 Å². The number of nitrogens with zero attached hydrogens (tertiary/aromatic N) is 1. The van der Waals surface area contributed by atoms with Gasteiger partial charge >= 0.3 is 0 Å². The van der Waals surface area contributed by atoms with E-state index in [9.17, 15) is 10.1 Å². The number of hydrogen-bond donors (Lipinski definition) is 1.